The second kappa shape index (κ2) is 7.81. The lowest BCUT2D eigenvalue weighted by Crippen LogP contribution is -2.54. The number of urea groups is 1. The van der Waals surface area contributed by atoms with Gasteiger partial charge >= 0.3 is 6.03 Å². The summed E-state index contributed by atoms with van der Waals surface area (Å²) in [5.41, 5.74) is 1.85. The normalized spacial score (nSPS) is 21.6. The van der Waals surface area contributed by atoms with E-state index in [0.29, 0.717) is 13.0 Å². The van der Waals surface area contributed by atoms with Crippen molar-refractivity contribution in [3.63, 3.8) is 0 Å². The lowest BCUT2D eigenvalue weighted by Gasteiger charge is -2.29. The molecular formula is C16H26ClN3O2. The van der Waals surface area contributed by atoms with Crippen LogP contribution in [0.2, 0.25) is 0 Å². The molecule has 1 aromatic carbocycles. The monoisotopic (exact) mass is 327 g/mol. The van der Waals surface area contributed by atoms with Crippen LogP contribution in [-0.4, -0.2) is 36.4 Å². The average molecular weight is 328 g/mol. The molecule has 1 saturated heterocycles. The van der Waals surface area contributed by atoms with E-state index in [2.05, 4.69) is 36.7 Å². The molecule has 0 radical (unpaired) electrons. The Balaban J connectivity index is 0.00000242. The number of carbonyl (C=O) groups is 1. The van der Waals surface area contributed by atoms with E-state index in [1.807, 2.05) is 24.3 Å². The molecule has 124 valence electrons. The van der Waals surface area contributed by atoms with Crippen molar-refractivity contribution in [2.45, 2.75) is 44.8 Å². The first kappa shape index (κ1) is 18.7. The van der Waals surface area contributed by atoms with Crippen LogP contribution in [0.5, 0.6) is 0 Å². The average Bonchev–Trinajstić information content (AvgIpc) is 2.41. The molecule has 1 fully saturated rings. The van der Waals surface area contributed by atoms with Gasteiger partial charge in [0, 0.05) is 12.2 Å². The summed E-state index contributed by atoms with van der Waals surface area (Å²) in [6.45, 7) is 7.71. The van der Waals surface area contributed by atoms with Crippen LogP contribution in [0.3, 0.4) is 0 Å². The largest absolute Gasteiger partial charge is 0.391 e. The Kier molecular flexibility index (Phi) is 6.66. The molecule has 4 N–H and O–H groups in total. The number of hydrogen-bond acceptors (Lipinski definition) is 3. The molecule has 6 heteroatoms. The van der Waals surface area contributed by atoms with Gasteiger partial charge < -0.3 is 21.1 Å². The van der Waals surface area contributed by atoms with E-state index in [1.54, 1.807) is 0 Å². The second-order valence-electron chi connectivity index (χ2n) is 6.56. The minimum absolute atomic E-state index is 0. The Morgan fingerprint density at radius 2 is 2.00 bits per heavy atom. The fourth-order valence-corrected chi connectivity index (χ4v) is 2.56. The van der Waals surface area contributed by atoms with Crippen molar-refractivity contribution in [3.05, 3.63) is 29.8 Å². The van der Waals surface area contributed by atoms with Gasteiger partial charge in [-0.25, -0.2) is 4.79 Å². The molecule has 2 rings (SSSR count). The van der Waals surface area contributed by atoms with Crippen LogP contribution >= 0.6 is 12.4 Å². The Labute approximate surface area is 138 Å². The van der Waals surface area contributed by atoms with E-state index in [9.17, 15) is 9.90 Å². The number of piperidine rings is 1. The number of anilines is 1. The van der Waals surface area contributed by atoms with Crippen molar-refractivity contribution in [1.29, 1.82) is 0 Å². The van der Waals surface area contributed by atoms with Crippen LogP contribution in [0.25, 0.3) is 0 Å². The second-order valence-corrected chi connectivity index (χ2v) is 6.56. The topological polar surface area (TPSA) is 73.4 Å². The molecule has 2 atom stereocenters. The van der Waals surface area contributed by atoms with Crippen LogP contribution in [0.4, 0.5) is 10.5 Å². The van der Waals surface area contributed by atoms with Crippen molar-refractivity contribution < 1.29 is 9.90 Å². The summed E-state index contributed by atoms with van der Waals surface area (Å²) in [5.74, 6) is 0. The van der Waals surface area contributed by atoms with Crippen molar-refractivity contribution >= 4 is 24.1 Å². The third-order valence-electron chi connectivity index (χ3n) is 3.75. The van der Waals surface area contributed by atoms with Crippen molar-refractivity contribution in [3.8, 4) is 0 Å². The summed E-state index contributed by atoms with van der Waals surface area (Å²) >= 11 is 0. The Hall–Kier alpha value is -1.30. The number of amides is 2. The number of carbonyl (C=O) groups excluding carboxylic acids is 1. The highest BCUT2D eigenvalue weighted by atomic mass is 35.5. The number of halogens is 1. The summed E-state index contributed by atoms with van der Waals surface area (Å²) in [5, 5.41) is 18.8. The van der Waals surface area contributed by atoms with E-state index in [1.165, 1.54) is 0 Å². The molecule has 1 heterocycles. The summed E-state index contributed by atoms with van der Waals surface area (Å²) in [6.07, 6.45) is 0.165. The molecule has 5 nitrogen and oxygen atoms in total. The van der Waals surface area contributed by atoms with Crippen molar-refractivity contribution in [2.24, 2.45) is 0 Å². The highest BCUT2D eigenvalue weighted by molar-refractivity contribution is 5.90. The van der Waals surface area contributed by atoms with Gasteiger partial charge in [-0.3, -0.25) is 0 Å². The zero-order chi connectivity index (χ0) is 15.5. The Morgan fingerprint density at radius 3 is 2.64 bits per heavy atom. The lowest BCUT2D eigenvalue weighted by molar-refractivity contribution is 0.103. The molecular weight excluding hydrogens is 302 g/mol. The zero-order valence-corrected chi connectivity index (χ0v) is 14.2. The van der Waals surface area contributed by atoms with Crippen LogP contribution in [0, 0.1) is 0 Å². The molecule has 0 spiro atoms. The van der Waals surface area contributed by atoms with Gasteiger partial charge in [0.1, 0.15) is 0 Å². The number of hydrogen-bond donors (Lipinski definition) is 4. The lowest BCUT2D eigenvalue weighted by atomic mass is 9.86. The SMILES string of the molecule is CC(C)(C)c1ccccc1NC(=O)N[C@@H]1CNCC[C@H]1O.Cl. The highest BCUT2D eigenvalue weighted by Gasteiger charge is 2.25. The highest BCUT2D eigenvalue weighted by Crippen LogP contribution is 2.29. The smallest absolute Gasteiger partial charge is 0.319 e. The molecule has 0 aromatic heterocycles. The molecule has 0 bridgehead atoms. The van der Waals surface area contributed by atoms with Crippen LogP contribution < -0.4 is 16.0 Å². The maximum atomic E-state index is 12.1. The Morgan fingerprint density at radius 1 is 1.32 bits per heavy atom. The molecule has 0 aliphatic carbocycles. The Bertz CT molecular complexity index is 502. The van der Waals surface area contributed by atoms with E-state index >= 15 is 0 Å². The maximum Gasteiger partial charge on any atom is 0.319 e. The number of nitrogens with one attached hydrogen (secondary N) is 3. The molecule has 2 amide bonds. The molecule has 1 aliphatic rings. The van der Waals surface area contributed by atoms with Crippen molar-refractivity contribution in [1.82, 2.24) is 10.6 Å². The van der Waals surface area contributed by atoms with Gasteiger partial charge in [0.25, 0.3) is 0 Å². The van der Waals surface area contributed by atoms with Gasteiger partial charge in [0.05, 0.1) is 12.1 Å². The number of aliphatic hydroxyl groups excluding tert-OH is 1. The minimum atomic E-state index is -0.491. The van der Waals surface area contributed by atoms with Crippen LogP contribution in [0.15, 0.2) is 24.3 Å². The predicted octanol–water partition coefficient (Wildman–Crippen LogP) is 2.25. The van der Waals surface area contributed by atoms with E-state index in [4.69, 9.17) is 0 Å². The summed E-state index contributed by atoms with van der Waals surface area (Å²) in [6, 6.07) is 7.27. The fraction of sp³-hybridized carbons (Fsp3) is 0.562. The molecule has 0 unspecified atom stereocenters. The number of benzene rings is 1. The van der Waals surface area contributed by atoms with E-state index < -0.39 is 6.10 Å². The van der Waals surface area contributed by atoms with Gasteiger partial charge in [-0.1, -0.05) is 39.0 Å². The van der Waals surface area contributed by atoms with Crippen molar-refractivity contribution in [2.75, 3.05) is 18.4 Å². The quantitative estimate of drug-likeness (QED) is 0.673. The standard InChI is InChI=1S/C16H25N3O2.ClH/c1-16(2,3)11-6-4-5-7-12(11)18-15(21)19-13-10-17-9-8-14(13)20;/h4-7,13-14,17,20H,8-10H2,1-3H3,(H2,18,19,21);1H/t13-,14-;/m1./s1. The summed E-state index contributed by atoms with van der Waals surface area (Å²) in [7, 11) is 0. The minimum Gasteiger partial charge on any atom is -0.391 e. The third kappa shape index (κ3) is 4.87. The van der Waals surface area contributed by atoms with Gasteiger partial charge in [-0.15, -0.1) is 12.4 Å². The number of aliphatic hydroxyl groups is 1. The molecule has 1 aromatic rings. The number of rotatable bonds is 2. The first-order valence-electron chi connectivity index (χ1n) is 7.44. The molecule has 0 saturated carbocycles. The predicted molar refractivity (Wildman–Crippen MR) is 91.8 cm³/mol. The van der Waals surface area contributed by atoms with E-state index in [-0.39, 0.29) is 29.9 Å². The molecule has 22 heavy (non-hydrogen) atoms. The van der Waals surface area contributed by atoms with Gasteiger partial charge in [0.2, 0.25) is 0 Å². The summed E-state index contributed by atoms with van der Waals surface area (Å²) in [4.78, 5) is 12.1. The molecule has 1 aliphatic heterocycles. The summed E-state index contributed by atoms with van der Waals surface area (Å²) < 4.78 is 0. The zero-order valence-electron chi connectivity index (χ0n) is 13.3. The van der Waals surface area contributed by atoms with Gasteiger partial charge in [0.15, 0.2) is 0 Å². The van der Waals surface area contributed by atoms with Crippen LogP contribution in [-0.2, 0) is 5.41 Å². The van der Waals surface area contributed by atoms with Gasteiger partial charge in [-0.2, -0.15) is 0 Å². The fourth-order valence-electron chi connectivity index (χ4n) is 2.56. The third-order valence-corrected chi connectivity index (χ3v) is 3.75. The first-order chi connectivity index (χ1) is 9.88. The first-order valence-corrected chi connectivity index (χ1v) is 7.44. The van der Waals surface area contributed by atoms with Crippen LogP contribution in [0.1, 0.15) is 32.8 Å². The maximum absolute atomic E-state index is 12.1. The van der Waals surface area contributed by atoms with Gasteiger partial charge in [-0.05, 0) is 30.0 Å². The van der Waals surface area contributed by atoms with E-state index in [0.717, 1.165) is 17.8 Å². The number of para-hydroxylation sites is 1.